The predicted octanol–water partition coefficient (Wildman–Crippen LogP) is 2.73. The molecule has 23 heavy (non-hydrogen) atoms. The minimum atomic E-state index is -0.424. The van der Waals surface area contributed by atoms with Crippen LogP contribution in [0.15, 0.2) is 12.4 Å². The van der Waals surface area contributed by atoms with Crippen LogP contribution in [-0.4, -0.2) is 34.9 Å². The summed E-state index contributed by atoms with van der Waals surface area (Å²) < 4.78 is 17.7. The molecule has 0 radical (unpaired) electrons. The second kappa shape index (κ2) is 6.40. The van der Waals surface area contributed by atoms with Crippen molar-refractivity contribution < 1.29 is 14.0 Å². The van der Waals surface area contributed by atoms with Crippen molar-refractivity contribution in [3.63, 3.8) is 0 Å². The summed E-state index contributed by atoms with van der Waals surface area (Å²) in [6, 6.07) is 0.441. The number of hydrogen-bond donors (Lipinski definition) is 0. The van der Waals surface area contributed by atoms with E-state index in [2.05, 4.69) is 9.97 Å². The van der Waals surface area contributed by atoms with Gasteiger partial charge in [0.1, 0.15) is 0 Å². The minimum absolute atomic E-state index is 0.353. The van der Waals surface area contributed by atoms with Gasteiger partial charge in [-0.3, -0.25) is 0 Å². The standard InChI is InChI=1S/C17H27BN2O3/c1-16(2)17(3,4)23-18(22-16)14-10-19-15(20-11-14)21-12-13-8-6-5-7-9-13/h10-11,13H,5-9,12H2,1-4H3. The topological polar surface area (TPSA) is 53.5 Å². The van der Waals surface area contributed by atoms with Gasteiger partial charge < -0.3 is 14.0 Å². The van der Waals surface area contributed by atoms with Crippen LogP contribution in [0.25, 0.3) is 0 Å². The van der Waals surface area contributed by atoms with E-state index in [-0.39, 0.29) is 11.2 Å². The predicted molar refractivity (Wildman–Crippen MR) is 89.8 cm³/mol. The van der Waals surface area contributed by atoms with Crippen LogP contribution in [0, 0.1) is 5.92 Å². The average Bonchev–Trinajstić information content (AvgIpc) is 2.75. The van der Waals surface area contributed by atoms with Gasteiger partial charge in [-0.1, -0.05) is 19.3 Å². The lowest BCUT2D eigenvalue weighted by Crippen LogP contribution is -2.41. The highest BCUT2D eigenvalue weighted by Crippen LogP contribution is 2.36. The van der Waals surface area contributed by atoms with Gasteiger partial charge in [-0.2, -0.15) is 0 Å². The summed E-state index contributed by atoms with van der Waals surface area (Å²) in [5, 5.41) is 0. The van der Waals surface area contributed by atoms with Crippen molar-refractivity contribution >= 4 is 12.6 Å². The Hall–Kier alpha value is -1.14. The SMILES string of the molecule is CC1(C)OB(c2cnc(OCC3CCCCC3)nc2)OC1(C)C. The molecule has 3 rings (SSSR count). The zero-order valence-electron chi connectivity index (χ0n) is 14.7. The molecule has 6 heteroatoms. The van der Waals surface area contributed by atoms with Crippen molar-refractivity contribution in [2.45, 2.75) is 71.0 Å². The molecule has 0 atom stereocenters. The van der Waals surface area contributed by atoms with Crippen LogP contribution >= 0.6 is 0 Å². The first-order valence-corrected chi connectivity index (χ1v) is 8.68. The van der Waals surface area contributed by atoms with Crippen molar-refractivity contribution in [3.05, 3.63) is 12.4 Å². The highest BCUT2D eigenvalue weighted by atomic mass is 16.7. The Balaban J connectivity index is 1.57. The summed E-state index contributed by atoms with van der Waals surface area (Å²) >= 11 is 0. The van der Waals surface area contributed by atoms with Gasteiger partial charge in [0.2, 0.25) is 0 Å². The molecule has 1 saturated carbocycles. The van der Waals surface area contributed by atoms with Gasteiger partial charge in [-0.25, -0.2) is 9.97 Å². The molecule has 1 saturated heterocycles. The Kier molecular flexibility index (Phi) is 4.65. The van der Waals surface area contributed by atoms with Crippen LogP contribution in [0.2, 0.25) is 0 Å². The maximum Gasteiger partial charge on any atom is 0.498 e. The third kappa shape index (κ3) is 3.69. The zero-order valence-corrected chi connectivity index (χ0v) is 14.7. The van der Waals surface area contributed by atoms with E-state index in [1.807, 2.05) is 27.7 Å². The van der Waals surface area contributed by atoms with Crippen molar-refractivity contribution in [1.82, 2.24) is 9.97 Å². The van der Waals surface area contributed by atoms with E-state index in [0.29, 0.717) is 11.9 Å². The molecule has 0 unspecified atom stereocenters. The zero-order chi connectivity index (χ0) is 16.5. The molecule has 1 aliphatic heterocycles. The third-order valence-electron chi connectivity index (χ3n) is 5.35. The first kappa shape index (κ1) is 16.7. The van der Waals surface area contributed by atoms with Crippen LogP contribution in [0.5, 0.6) is 6.01 Å². The maximum absolute atomic E-state index is 6.00. The average molecular weight is 318 g/mol. The Bertz CT molecular complexity index is 511. The largest absolute Gasteiger partial charge is 0.498 e. The first-order valence-electron chi connectivity index (χ1n) is 8.68. The summed E-state index contributed by atoms with van der Waals surface area (Å²) in [7, 11) is -0.424. The molecule has 1 aromatic rings. The van der Waals surface area contributed by atoms with Crippen LogP contribution in [-0.2, 0) is 9.31 Å². The van der Waals surface area contributed by atoms with E-state index in [0.717, 1.165) is 12.1 Å². The normalized spacial score (nSPS) is 23.9. The highest BCUT2D eigenvalue weighted by molar-refractivity contribution is 6.61. The molecule has 2 aliphatic rings. The van der Waals surface area contributed by atoms with Gasteiger partial charge in [0.25, 0.3) is 0 Å². The van der Waals surface area contributed by atoms with E-state index >= 15 is 0 Å². The number of hydrogen-bond acceptors (Lipinski definition) is 5. The number of rotatable bonds is 4. The lowest BCUT2D eigenvalue weighted by Gasteiger charge is -2.32. The first-order chi connectivity index (χ1) is 10.9. The van der Waals surface area contributed by atoms with Crippen molar-refractivity contribution in [2.24, 2.45) is 5.92 Å². The number of ether oxygens (including phenoxy) is 1. The Labute approximate surface area is 139 Å². The van der Waals surface area contributed by atoms with Crippen molar-refractivity contribution in [3.8, 4) is 6.01 Å². The van der Waals surface area contributed by atoms with E-state index in [1.165, 1.54) is 32.1 Å². The Morgan fingerprint density at radius 3 is 2.17 bits per heavy atom. The van der Waals surface area contributed by atoms with E-state index < -0.39 is 7.12 Å². The molecule has 126 valence electrons. The smallest absolute Gasteiger partial charge is 0.463 e. The van der Waals surface area contributed by atoms with E-state index in [1.54, 1.807) is 12.4 Å². The van der Waals surface area contributed by atoms with Gasteiger partial charge in [-0.15, -0.1) is 0 Å². The molecule has 0 N–H and O–H groups in total. The molecule has 5 nitrogen and oxygen atoms in total. The van der Waals surface area contributed by atoms with Crippen LogP contribution in [0.4, 0.5) is 0 Å². The molecule has 0 spiro atoms. The van der Waals surface area contributed by atoms with Crippen LogP contribution < -0.4 is 10.2 Å². The van der Waals surface area contributed by atoms with Gasteiger partial charge in [0.05, 0.1) is 17.8 Å². The molecule has 2 heterocycles. The highest BCUT2D eigenvalue weighted by Gasteiger charge is 2.51. The maximum atomic E-state index is 6.00. The second-order valence-corrected chi connectivity index (χ2v) is 7.70. The number of nitrogens with zero attached hydrogens (tertiary/aromatic N) is 2. The molecule has 1 aliphatic carbocycles. The van der Waals surface area contributed by atoms with E-state index in [4.69, 9.17) is 14.0 Å². The van der Waals surface area contributed by atoms with Gasteiger partial charge in [0.15, 0.2) is 0 Å². The molecule has 0 bridgehead atoms. The Morgan fingerprint density at radius 1 is 1.04 bits per heavy atom. The van der Waals surface area contributed by atoms with Gasteiger partial charge in [0, 0.05) is 17.9 Å². The Morgan fingerprint density at radius 2 is 1.61 bits per heavy atom. The summed E-state index contributed by atoms with van der Waals surface area (Å²) in [5.74, 6) is 0.648. The molecular formula is C17H27BN2O3. The molecule has 0 aromatic carbocycles. The summed E-state index contributed by atoms with van der Waals surface area (Å²) in [6.07, 6.45) is 9.98. The number of aromatic nitrogens is 2. The fourth-order valence-corrected chi connectivity index (χ4v) is 3.05. The summed E-state index contributed by atoms with van der Waals surface area (Å²) in [6.45, 7) is 8.87. The molecular weight excluding hydrogens is 291 g/mol. The van der Waals surface area contributed by atoms with E-state index in [9.17, 15) is 0 Å². The monoisotopic (exact) mass is 318 g/mol. The fourth-order valence-electron chi connectivity index (χ4n) is 3.05. The quantitative estimate of drug-likeness (QED) is 0.799. The fraction of sp³-hybridized carbons (Fsp3) is 0.765. The molecule has 2 fully saturated rings. The molecule has 1 aromatic heterocycles. The van der Waals surface area contributed by atoms with Gasteiger partial charge in [-0.05, 0) is 46.5 Å². The third-order valence-corrected chi connectivity index (χ3v) is 5.35. The summed E-state index contributed by atoms with van der Waals surface area (Å²) in [4.78, 5) is 8.62. The van der Waals surface area contributed by atoms with Crippen LogP contribution in [0.3, 0.4) is 0 Å². The van der Waals surface area contributed by atoms with Crippen LogP contribution in [0.1, 0.15) is 59.8 Å². The van der Waals surface area contributed by atoms with Gasteiger partial charge >= 0.3 is 13.1 Å². The second-order valence-electron chi connectivity index (χ2n) is 7.70. The molecule has 0 amide bonds. The lowest BCUT2D eigenvalue weighted by molar-refractivity contribution is 0.00578. The van der Waals surface area contributed by atoms with Crippen molar-refractivity contribution in [1.29, 1.82) is 0 Å². The minimum Gasteiger partial charge on any atom is -0.463 e. The lowest BCUT2D eigenvalue weighted by atomic mass is 9.81. The summed E-state index contributed by atoms with van der Waals surface area (Å²) in [5.41, 5.74) is 0.121. The van der Waals surface area contributed by atoms with Crippen molar-refractivity contribution in [2.75, 3.05) is 6.61 Å².